The van der Waals surface area contributed by atoms with E-state index in [4.69, 9.17) is 0 Å². The molecule has 2 aromatic rings. The van der Waals surface area contributed by atoms with Crippen LogP contribution in [0.4, 0.5) is 8.78 Å². The summed E-state index contributed by atoms with van der Waals surface area (Å²) in [6, 6.07) is 10.4. The highest BCUT2D eigenvalue weighted by atomic mass is 19.1. The molecule has 2 aromatic carbocycles. The summed E-state index contributed by atoms with van der Waals surface area (Å²) in [5.41, 5.74) is 1.27. The summed E-state index contributed by atoms with van der Waals surface area (Å²) >= 11 is 0. The second-order valence-electron chi connectivity index (χ2n) is 10.6. The molecule has 0 radical (unpaired) electrons. The summed E-state index contributed by atoms with van der Waals surface area (Å²) in [6.45, 7) is 7.70. The molecule has 0 heterocycles. The molecule has 35 heavy (non-hydrogen) atoms. The summed E-state index contributed by atoms with van der Waals surface area (Å²) in [6.07, 6.45) is 1.68. The van der Waals surface area contributed by atoms with Crippen LogP contribution < -0.4 is 10.6 Å². The van der Waals surface area contributed by atoms with Gasteiger partial charge in [0.15, 0.2) is 5.78 Å². The van der Waals surface area contributed by atoms with Gasteiger partial charge in [0.25, 0.3) is 0 Å². The van der Waals surface area contributed by atoms with E-state index in [2.05, 4.69) is 37.5 Å². The predicted molar refractivity (Wildman–Crippen MR) is 132 cm³/mol. The van der Waals surface area contributed by atoms with Crippen molar-refractivity contribution in [3.63, 3.8) is 0 Å². The van der Waals surface area contributed by atoms with Gasteiger partial charge in [-0.25, -0.2) is 8.78 Å². The Labute approximate surface area is 206 Å². The first-order valence-corrected chi connectivity index (χ1v) is 12.2. The van der Waals surface area contributed by atoms with E-state index in [1.807, 2.05) is 18.2 Å². The number of rotatable bonds is 8. The van der Waals surface area contributed by atoms with Gasteiger partial charge in [-0.2, -0.15) is 0 Å². The number of Topliss-reactive ketones (excluding diaryl/α,β-unsaturated/α-hetero) is 1. The fourth-order valence-electron chi connectivity index (χ4n) is 4.82. The molecule has 190 valence electrons. The minimum Gasteiger partial charge on any atom is -0.390 e. The lowest BCUT2D eigenvalue weighted by Crippen LogP contribution is -2.56. The third-order valence-corrected chi connectivity index (χ3v) is 6.75. The summed E-state index contributed by atoms with van der Waals surface area (Å²) in [4.78, 5) is 25.1. The summed E-state index contributed by atoms with van der Waals surface area (Å²) in [5.74, 6) is -1.74. The predicted octanol–water partition coefficient (Wildman–Crippen LogP) is 4.30. The van der Waals surface area contributed by atoms with Crippen molar-refractivity contribution in [3.05, 3.63) is 70.8 Å². The molecule has 1 aliphatic rings. The highest BCUT2D eigenvalue weighted by Crippen LogP contribution is 2.36. The van der Waals surface area contributed by atoms with Crippen molar-refractivity contribution in [1.82, 2.24) is 10.6 Å². The van der Waals surface area contributed by atoms with Crippen molar-refractivity contribution in [2.24, 2.45) is 0 Å². The third kappa shape index (κ3) is 6.73. The second-order valence-corrected chi connectivity index (χ2v) is 10.6. The Hall–Kier alpha value is -2.64. The first kappa shape index (κ1) is 27.0. The zero-order valence-corrected chi connectivity index (χ0v) is 21.0. The summed E-state index contributed by atoms with van der Waals surface area (Å²) < 4.78 is 27.4. The number of nitrogens with one attached hydrogen (secondary N) is 2. The molecule has 0 bridgehead atoms. The minimum atomic E-state index is -1.09. The van der Waals surface area contributed by atoms with Gasteiger partial charge in [-0.05, 0) is 53.5 Å². The lowest BCUT2D eigenvalue weighted by molar-refractivity contribution is -0.128. The van der Waals surface area contributed by atoms with Gasteiger partial charge in [0.2, 0.25) is 5.91 Å². The van der Waals surface area contributed by atoms with Crippen molar-refractivity contribution in [3.8, 4) is 0 Å². The standard InChI is InChI=1S/C28H36F2N2O3/c1-18(33)32-24(14-19-12-22(29)16-23(30)13-19)25(34)17-31-28(11-6-5-10-26(28)35)21-9-7-8-20(15-21)27(2,3)4/h7-9,12-13,15-16,24-25,31,34H,5-6,10-11,14,17H2,1-4H3,(H,32,33). The van der Waals surface area contributed by atoms with E-state index in [1.165, 1.54) is 19.1 Å². The molecule has 1 amide bonds. The highest BCUT2D eigenvalue weighted by Gasteiger charge is 2.42. The summed E-state index contributed by atoms with van der Waals surface area (Å²) in [5, 5.41) is 17.1. The van der Waals surface area contributed by atoms with Crippen LogP contribution in [0.2, 0.25) is 0 Å². The largest absolute Gasteiger partial charge is 0.390 e. The molecule has 3 rings (SSSR count). The maximum absolute atomic E-state index is 13.7. The van der Waals surface area contributed by atoms with Crippen LogP contribution in [0.3, 0.4) is 0 Å². The molecule has 3 N–H and O–H groups in total. The Kier molecular flexibility index (Phi) is 8.44. The van der Waals surface area contributed by atoms with E-state index in [1.54, 1.807) is 0 Å². The second kappa shape index (κ2) is 11.0. The van der Waals surface area contributed by atoms with Crippen LogP contribution in [-0.2, 0) is 27.0 Å². The lowest BCUT2D eigenvalue weighted by atomic mass is 9.73. The molecular formula is C28H36F2N2O3. The fourth-order valence-corrected chi connectivity index (χ4v) is 4.82. The average molecular weight is 487 g/mol. The number of carbonyl (C=O) groups is 2. The van der Waals surface area contributed by atoms with Crippen molar-refractivity contribution in [1.29, 1.82) is 0 Å². The van der Waals surface area contributed by atoms with Gasteiger partial charge in [-0.15, -0.1) is 0 Å². The Balaban J connectivity index is 1.86. The SMILES string of the molecule is CC(=O)NC(Cc1cc(F)cc(F)c1)C(O)CNC1(c2cccc(C(C)(C)C)c2)CCCCC1=O. The highest BCUT2D eigenvalue weighted by molar-refractivity contribution is 5.90. The number of halogens is 2. The molecule has 1 fully saturated rings. The smallest absolute Gasteiger partial charge is 0.217 e. The van der Waals surface area contributed by atoms with Crippen molar-refractivity contribution < 1.29 is 23.5 Å². The molecule has 3 atom stereocenters. The van der Waals surface area contributed by atoms with Gasteiger partial charge in [0.1, 0.15) is 17.2 Å². The van der Waals surface area contributed by atoms with Crippen LogP contribution in [0.15, 0.2) is 42.5 Å². The maximum atomic E-state index is 13.7. The molecule has 7 heteroatoms. The van der Waals surface area contributed by atoms with E-state index in [0.29, 0.717) is 18.4 Å². The van der Waals surface area contributed by atoms with Crippen molar-refractivity contribution in [2.45, 2.75) is 82.9 Å². The summed E-state index contributed by atoms with van der Waals surface area (Å²) in [7, 11) is 0. The first-order valence-electron chi connectivity index (χ1n) is 12.2. The Morgan fingerprint density at radius 2 is 1.80 bits per heavy atom. The minimum absolute atomic E-state index is 0.0221. The zero-order chi connectivity index (χ0) is 25.8. The lowest BCUT2D eigenvalue weighted by Gasteiger charge is -2.39. The molecule has 1 saturated carbocycles. The normalized spacial score (nSPS) is 20.4. The number of amides is 1. The van der Waals surface area contributed by atoms with Crippen molar-refractivity contribution in [2.75, 3.05) is 6.54 Å². The average Bonchev–Trinajstić information content (AvgIpc) is 2.76. The number of hydrogen-bond acceptors (Lipinski definition) is 4. The Morgan fingerprint density at radius 1 is 1.11 bits per heavy atom. The maximum Gasteiger partial charge on any atom is 0.217 e. The molecule has 0 aliphatic heterocycles. The third-order valence-electron chi connectivity index (χ3n) is 6.75. The number of carbonyl (C=O) groups excluding carboxylic acids is 2. The van der Waals surface area contributed by atoms with Gasteiger partial charge < -0.3 is 10.4 Å². The number of ketones is 1. The van der Waals surface area contributed by atoms with E-state index >= 15 is 0 Å². The van der Waals surface area contributed by atoms with Crippen LogP contribution >= 0.6 is 0 Å². The fraction of sp³-hybridized carbons (Fsp3) is 0.500. The van der Waals surface area contributed by atoms with Crippen molar-refractivity contribution >= 4 is 11.7 Å². The number of aliphatic hydroxyl groups is 1. The molecule has 5 nitrogen and oxygen atoms in total. The van der Waals surface area contributed by atoms with Gasteiger partial charge >= 0.3 is 0 Å². The van der Waals surface area contributed by atoms with E-state index < -0.39 is 29.3 Å². The first-order chi connectivity index (χ1) is 16.4. The van der Waals surface area contributed by atoms with Gasteiger partial charge in [-0.1, -0.05) is 51.5 Å². The topological polar surface area (TPSA) is 78.4 Å². The quantitative estimate of drug-likeness (QED) is 0.520. The van der Waals surface area contributed by atoms with Crippen LogP contribution in [0, 0.1) is 11.6 Å². The monoisotopic (exact) mass is 486 g/mol. The van der Waals surface area contributed by atoms with E-state index in [0.717, 1.165) is 30.0 Å². The van der Waals surface area contributed by atoms with Gasteiger partial charge in [0, 0.05) is 26.0 Å². The number of aliphatic hydroxyl groups excluding tert-OH is 1. The molecular weight excluding hydrogens is 450 g/mol. The van der Waals surface area contributed by atoms with Gasteiger partial charge in [-0.3, -0.25) is 14.9 Å². The van der Waals surface area contributed by atoms with E-state index in [9.17, 15) is 23.5 Å². The van der Waals surface area contributed by atoms with Crippen LogP contribution in [0.25, 0.3) is 0 Å². The van der Waals surface area contributed by atoms with Gasteiger partial charge in [0.05, 0.1) is 12.1 Å². The Morgan fingerprint density at radius 3 is 2.40 bits per heavy atom. The molecule has 0 spiro atoms. The Bertz CT molecular complexity index is 1050. The molecule has 0 aromatic heterocycles. The van der Waals surface area contributed by atoms with Crippen LogP contribution in [-0.4, -0.2) is 35.5 Å². The van der Waals surface area contributed by atoms with E-state index in [-0.39, 0.29) is 30.1 Å². The molecule has 0 saturated heterocycles. The number of benzene rings is 2. The molecule has 1 aliphatic carbocycles. The van der Waals surface area contributed by atoms with Crippen LogP contribution in [0.5, 0.6) is 0 Å². The van der Waals surface area contributed by atoms with Crippen LogP contribution in [0.1, 0.15) is 70.1 Å². The zero-order valence-electron chi connectivity index (χ0n) is 21.0. The number of hydrogen-bond donors (Lipinski definition) is 3. The molecule has 3 unspecified atom stereocenters.